The first-order valence-electron chi connectivity index (χ1n) is 7.44. The first-order chi connectivity index (χ1) is 8.90. The maximum Gasteiger partial charge on any atom is 0.232 e. The maximum absolute atomic E-state index is 10.9. The highest BCUT2D eigenvalue weighted by atomic mass is 35.7. The first-order valence-corrected chi connectivity index (χ1v) is 9.92. The van der Waals surface area contributed by atoms with Crippen molar-refractivity contribution in [2.75, 3.05) is 12.4 Å². The van der Waals surface area contributed by atoms with E-state index in [0.717, 1.165) is 18.9 Å². The van der Waals surface area contributed by atoms with Gasteiger partial charge >= 0.3 is 0 Å². The first kappa shape index (κ1) is 17.3. The van der Waals surface area contributed by atoms with Gasteiger partial charge in [0.15, 0.2) is 0 Å². The fraction of sp³-hybridized carbons (Fsp3) is 1.00. The topological polar surface area (TPSA) is 43.4 Å². The normalized spacial score (nSPS) is 26.3. The minimum atomic E-state index is -3.34. The molecule has 0 amide bonds. The van der Waals surface area contributed by atoms with Crippen LogP contribution in [0.1, 0.15) is 58.8 Å². The summed E-state index contributed by atoms with van der Waals surface area (Å²) in [6.45, 7) is 5.05. The fourth-order valence-electron chi connectivity index (χ4n) is 2.69. The van der Waals surface area contributed by atoms with Gasteiger partial charge in [-0.15, -0.1) is 0 Å². The van der Waals surface area contributed by atoms with Crippen LogP contribution in [0.3, 0.4) is 0 Å². The van der Waals surface area contributed by atoms with E-state index in [4.69, 9.17) is 15.4 Å². The molecule has 0 aromatic rings. The molecule has 114 valence electrons. The van der Waals surface area contributed by atoms with Gasteiger partial charge in [-0.1, -0.05) is 33.1 Å². The molecule has 3 unspecified atom stereocenters. The molecule has 0 heterocycles. The van der Waals surface area contributed by atoms with Crippen LogP contribution in [0.25, 0.3) is 0 Å². The Hall–Kier alpha value is 0.200. The van der Waals surface area contributed by atoms with Crippen molar-refractivity contribution in [1.82, 2.24) is 0 Å². The number of hydrogen-bond acceptors (Lipinski definition) is 3. The molecule has 0 aromatic heterocycles. The largest absolute Gasteiger partial charge is 0.378 e. The summed E-state index contributed by atoms with van der Waals surface area (Å²) >= 11 is 0. The number of hydrogen-bond donors (Lipinski definition) is 0. The van der Waals surface area contributed by atoms with Crippen LogP contribution in [-0.2, 0) is 13.8 Å². The lowest BCUT2D eigenvalue weighted by molar-refractivity contribution is 0.00697. The van der Waals surface area contributed by atoms with E-state index in [2.05, 4.69) is 13.8 Å². The summed E-state index contributed by atoms with van der Waals surface area (Å²) in [6, 6.07) is 0. The summed E-state index contributed by atoms with van der Waals surface area (Å²) < 4.78 is 27.7. The monoisotopic (exact) mass is 310 g/mol. The predicted octanol–water partition coefficient (Wildman–Crippen LogP) is 3.96. The molecule has 1 fully saturated rings. The Morgan fingerprint density at radius 2 is 2.05 bits per heavy atom. The molecule has 0 aliphatic heterocycles. The molecule has 0 saturated heterocycles. The third-order valence-electron chi connectivity index (χ3n) is 4.13. The molecule has 0 spiro atoms. The van der Waals surface area contributed by atoms with Gasteiger partial charge in [0.25, 0.3) is 0 Å². The van der Waals surface area contributed by atoms with Crippen LogP contribution in [0, 0.1) is 11.8 Å². The van der Waals surface area contributed by atoms with Crippen molar-refractivity contribution in [2.45, 2.75) is 64.9 Å². The quantitative estimate of drug-likeness (QED) is 0.637. The third kappa shape index (κ3) is 8.16. The smallest absolute Gasteiger partial charge is 0.232 e. The molecule has 1 rings (SSSR count). The lowest BCUT2D eigenvalue weighted by Crippen LogP contribution is -2.23. The number of ether oxygens (including phenoxy) is 1. The Morgan fingerprint density at radius 1 is 1.32 bits per heavy atom. The maximum atomic E-state index is 10.9. The summed E-state index contributed by atoms with van der Waals surface area (Å²) in [5.41, 5.74) is 0. The van der Waals surface area contributed by atoms with Crippen LogP contribution in [0.4, 0.5) is 0 Å². The van der Waals surface area contributed by atoms with Gasteiger partial charge in [0.05, 0.1) is 11.9 Å². The molecule has 1 saturated carbocycles. The molecule has 0 N–H and O–H groups in total. The molecule has 5 heteroatoms. The Morgan fingerprint density at radius 3 is 2.68 bits per heavy atom. The van der Waals surface area contributed by atoms with Crippen molar-refractivity contribution >= 4 is 19.7 Å². The van der Waals surface area contributed by atoms with Gasteiger partial charge in [-0.2, -0.15) is 0 Å². The van der Waals surface area contributed by atoms with Gasteiger partial charge in [-0.25, -0.2) is 8.42 Å². The minimum Gasteiger partial charge on any atom is -0.378 e. The second kappa shape index (κ2) is 8.48. The van der Waals surface area contributed by atoms with Gasteiger partial charge < -0.3 is 4.74 Å². The molecule has 19 heavy (non-hydrogen) atoms. The zero-order valence-electron chi connectivity index (χ0n) is 12.1. The summed E-state index contributed by atoms with van der Waals surface area (Å²) in [5, 5.41) is 0. The third-order valence-corrected chi connectivity index (χ3v) is 5.32. The second-order valence-corrected chi connectivity index (χ2v) is 8.76. The van der Waals surface area contributed by atoms with Crippen molar-refractivity contribution < 1.29 is 13.2 Å². The predicted molar refractivity (Wildman–Crippen MR) is 80.0 cm³/mol. The van der Waals surface area contributed by atoms with Crippen molar-refractivity contribution in [3.63, 3.8) is 0 Å². The average Bonchev–Trinajstić information content (AvgIpc) is 2.36. The van der Waals surface area contributed by atoms with E-state index in [0.29, 0.717) is 18.4 Å². The van der Waals surface area contributed by atoms with Gasteiger partial charge in [-0.3, -0.25) is 0 Å². The van der Waals surface area contributed by atoms with Gasteiger partial charge in [0, 0.05) is 17.3 Å². The van der Waals surface area contributed by atoms with Crippen molar-refractivity contribution in [2.24, 2.45) is 11.8 Å². The highest BCUT2D eigenvalue weighted by molar-refractivity contribution is 8.13. The average molecular weight is 311 g/mol. The van der Waals surface area contributed by atoms with E-state index < -0.39 is 9.05 Å². The highest BCUT2D eigenvalue weighted by Crippen LogP contribution is 2.28. The van der Waals surface area contributed by atoms with Crippen LogP contribution >= 0.6 is 10.7 Å². The molecule has 1 aliphatic rings. The SMILES string of the molecule is CCC1CCCC(OCCC(C)CCS(=O)(=O)Cl)C1. The Labute approximate surface area is 122 Å². The van der Waals surface area contributed by atoms with E-state index in [-0.39, 0.29) is 5.75 Å². The van der Waals surface area contributed by atoms with E-state index in [1.807, 2.05) is 0 Å². The molecule has 3 atom stereocenters. The fourth-order valence-corrected chi connectivity index (χ4v) is 3.64. The lowest BCUT2D eigenvalue weighted by Gasteiger charge is -2.28. The lowest BCUT2D eigenvalue weighted by atomic mass is 9.85. The molecular formula is C14H27ClO3S. The van der Waals surface area contributed by atoms with E-state index >= 15 is 0 Å². The van der Waals surface area contributed by atoms with Crippen molar-refractivity contribution in [3.05, 3.63) is 0 Å². The van der Waals surface area contributed by atoms with Crippen molar-refractivity contribution in [3.8, 4) is 0 Å². The highest BCUT2D eigenvalue weighted by Gasteiger charge is 2.21. The summed E-state index contributed by atoms with van der Waals surface area (Å²) in [5.74, 6) is 1.24. The molecule has 1 aliphatic carbocycles. The standard InChI is InChI=1S/C14H27ClO3S/c1-3-13-5-4-6-14(11-13)18-9-7-12(2)8-10-19(15,16)17/h12-14H,3-11H2,1-2H3. The van der Waals surface area contributed by atoms with E-state index in [1.54, 1.807) is 0 Å². The zero-order chi connectivity index (χ0) is 14.3. The van der Waals surface area contributed by atoms with E-state index in [1.165, 1.54) is 32.1 Å². The van der Waals surface area contributed by atoms with Crippen LogP contribution in [0.2, 0.25) is 0 Å². The molecule has 0 aromatic carbocycles. The molecule has 0 bridgehead atoms. The minimum absolute atomic E-state index is 0.0665. The van der Waals surface area contributed by atoms with Crippen LogP contribution < -0.4 is 0 Å². The summed E-state index contributed by atoms with van der Waals surface area (Å²) in [7, 11) is 1.86. The van der Waals surface area contributed by atoms with Crippen LogP contribution in [-0.4, -0.2) is 26.9 Å². The van der Waals surface area contributed by atoms with Crippen molar-refractivity contribution in [1.29, 1.82) is 0 Å². The van der Waals surface area contributed by atoms with Gasteiger partial charge in [-0.05, 0) is 37.5 Å². The van der Waals surface area contributed by atoms with Gasteiger partial charge in [0.2, 0.25) is 9.05 Å². The zero-order valence-corrected chi connectivity index (χ0v) is 13.7. The number of halogens is 1. The van der Waals surface area contributed by atoms with Crippen LogP contribution in [0.5, 0.6) is 0 Å². The van der Waals surface area contributed by atoms with Gasteiger partial charge in [0.1, 0.15) is 0 Å². The molecule has 3 nitrogen and oxygen atoms in total. The van der Waals surface area contributed by atoms with Crippen LogP contribution in [0.15, 0.2) is 0 Å². The molecular weight excluding hydrogens is 284 g/mol. The second-order valence-electron chi connectivity index (χ2n) is 5.86. The number of rotatable bonds is 8. The summed E-state index contributed by atoms with van der Waals surface area (Å²) in [4.78, 5) is 0. The van der Waals surface area contributed by atoms with E-state index in [9.17, 15) is 8.42 Å². The Bertz CT molecular complexity index is 343. The summed E-state index contributed by atoms with van der Waals surface area (Å²) in [6.07, 6.45) is 8.22. The molecule has 0 radical (unpaired) electrons. The Kier molecular flexibility index (Phi) is 7.70. The Balaban J connectivity index is 2.12.